The predicted molar refractivity (Wildman–Crippen MR) is 70.3 cm³/mol. The third-order valence-corrected chi connectivity index (χ3v) is 2.89. The summed E-state index contributed by atoms with van der Waals surface area (Å²) in [6.07, 6.45) is 2.84. The topological polar surface area (TPSA) is 26.0 Å². The molecule has 0 fully saturated rings. The first-order valence-corrected chi connectivity index (χ1v) is 5.84. The second-order valence-corrected chi connectivity index (χ2v) is 4.35. The van der Waals surface area contributed by atoms with Crippen molar-refractivity contribution in [3.63, 3.8) is 0 Å². The van der Waals surface area contributed by atoms with Crippen molar-refractivity contribution in [2.45, 2.75) is 46.1 Å². The smallest absolute Gasteiger partial charge is 0.0103 e. The van der Waals surface area contributed by atoms with Gasteiger partial charge in [0.05, 0.1) is 0 Å². The van der Waals surface area contributed by atoms with E-state index in [1.165, 1.54) is 16.7 Å². The van der Waals surface area contributed by atoms with E-state index in [1.807, 2.05) is 6.92 Å². The van der Waals surface area contributed by atoms with E-state index in [1.54, 1.807) is 0 Å². The van der Waals surface area contributed by atoms with Crippen LogP contribution in [-0.4, -0.2) is 6.04 Å². The molecule has 1 unspecified atom stereocenters. The van der Waals surface area contributed by atoms with E-state index in [-0.39, 0.29) is 6.04 Å². The second-order valence-electron chi connectivity index (χ2n) is 4.35. The van der Waals surface area contributed by atoms with E-state index in [0.717, 1.165) is 19.3 Å². The maximum Gasteiger partial charge on any atom is 0.0103 e. The van der Waals surface area contributed by atoms with E-state index in [4.69, 9.17) is 5.73 Å². The lowest BCUT2D eigenvalue weighted by atomic mass is 9.99. The molecule has 16 heavy (non-hydrogen) atoms. The molecule has 0 aliphatic heterocycles. The van der Waals surface area contributed by atoms with Gasteiger partial charge in [0, 0.05) is 12.5 Å². The molecule has 1 atom stereocenters. The quantitative estimate of drug-likeness (QED) is 0.768. The molecule has 0 saturated heterocycles. The lowest BCUT2D eigenvalue weighted by Crippen LogP contribution is -2.22. The predicted octanol–water partition coefficient (Wildman–Crippen LogP) is 2.98. The summed E-state index contributed by atoms with van der Waals surface area (Å²) in [6.45, 7) is 6.15. The Kier molecular flexibility index (Phi) is 5.08. The summed E-state index contributed by atoms with van der Waals surface area (Å²) in [5.41, 5.74) is 10.1. The molecule has 0 bridgehead atoms. The molecule has 0 aromatic heterocycles. The van der Waals surface area contributed by atoms with Crippen LogP contribution in [0.25, 0.3) is 0 Å². The highest BCUT2D eigenvalue weighted by atomic mass is 14.6. The Morgan fingerprint density at radius 1 is 1.25 bits per heavy atom. The van der Waals surface area contributed by atoms with Gasteiger partial charge in [-0.2, -0.15) is 0 Å². The minimum Gasteiger partial charge on any atom is -0.327 e. The van der Waals surface area contributed by atoms with Gasteiger partial charge in [0.25, 0.3) is 0 Å². The average Bonchev–Trinajstić information content (AvgIpc) is 2.24. The van der Waals surface area contributed by atoms with E-state index in [0.29, 0.717) is 0 Å². The molecular weight excluding hydrogens is 194 g/mol. The van der Waals surface area contributed by atoms with Crippen LogP contribution in [0.5, 0.6) is 0 Å². The van der Waals surface area contributed by atoms with E-state index < -0.39 is 0 Å². The fourth-order valence-corrected chi connectivity index (χ4v) is 1.72. The summed E-state index contributed by atoms with van der Waals surface area (Å²) in [7, 11) is 0. The van der Waals surface area contributed by atoms with E-state index in [9.17, 15) is 0 Å². The Bertz CT molecular complexity index is 396. The molecule has 1 nitrogen and oxygen atoms in total. The lowest BCUT2D eigenvalue weighted by Gasteiger charge is -2.11. The molecule has 1 aromatic rings. The summed E-state index contributed by atoms with van der Waals surface area (Å²) < 4.78 is 0. The maximum atomic E-state index is 6.07. The van der Waals surface area contributed by atoms with Crippen LogP contribution in [-0.2, 0) is 6.42 Å². The summed E-state index contributed by atoms with van der Waals surface area (Å²) in [4.78, 5) is 0. The highest BCUT2D eigenvalue weighted by Crippen LogP contribution is 2.12. The zero-order chi connectivity index (χ0) is 12.0. The SMILES string of the molecule is CC#CCCC(N)Cc1ccc(C)c(C)c1. The first-order valence-electron chi connectivity index (χ1n) is 5.84. The minimum atomic E-state index is 0.225. The minimum absolute atomic E-state index is 0.225. The first-order chi connectivity index (χ1) is 7.63. The van der Waals surface area contributed by atoms with Gasteiger partial charge < -0.3 is 5.73 Å². The number of aryl methyl sites for hydroxylation is 2. The molecule has 1 aromatic carbocycles. The van der Waals surface area contributed by atoms with Crippen molar-refractivity contribution in [3.8, 4) is 11.8 Å². The number of benzene rings is 1. The molecule has 0 aliphatic rings. The molecular formula is C15H21N. The van der Waals surface area contributed by atoms with Crippen LogP contribution in [0, 0.1) is 25.7 Å². The van der Waals surface area contributed by atoms with E-state index >= 15 is 0 Å². The van der Waals surface area contributed by atoms with Gasteiger partial charge in [0.2, 0.25) is 0 Å². The molecule has 1 heteroatoms. The van der Waals surface area contributed by atoms with Crippen LogP contribution in [0.3, 0.4) is 0 Å². The average molecular weight is 215 g/mol. The zero-order valence-electron chi connectivity index (χ0n) is 10.5. The van der Waals surface area contributed by atoms with Crippen LogP contribution >= 0.6 is 0 Å². The van der Waals surface area contributed by atoms with Gasteiger partial charge in [-0.3, -0.25) is 0 Å². The highest BCUT2D eigenvalue weighted by Gasteiger charge is 2.04. The largest absolute Gasteiger partial charge is 0.327 e. The molecule has 86 valence electrons. The van der Waals surface area contributed by atoms with Crippen molar-refractivity contribution in [3.05, 3.63) is 34.9 Å². The van der Waals surface area contributed by atoms with Gasteiger partial charge in [0.1, 0.15) is 0 Å². The molecule has 0 radical (unpaired) electrons. The number of nitrogens with two attached hydrogens (primary N) is 1. The number of hydrogen-bond donors (Lipinski definition) is 1. The van der Waals surface area contributed by atoms with Crippen molar-refractivity contribution < 1.29 is 0 Å². The fraction of sp³-hybridized carbons (Fsp3) is 0.467. The van der Waals surface area contributed by atoms with Gasteiger partial charge in [-0.15, -0.1) is 11.8 Å². The maximum absolute atomic E-state index is 6.07. The monoisotopic (exact) mass is 215 g/mol. The van der Waals surface area contributed by atoms with Crippen LogP contribution in [0.2, 0.25) is 0 Å². The molecule has 0 amide bonds. The van der Waals surface area contributed by atoms with Crippen LogP contribution in [0.1, 0.15) is 36.5 Å². The summed E-state index contributed by atoms with van der Waals surface area (Å²) in [5, 5.41) is 0. The van der Waals surface area contributed by atoms with Crippen LogP contribution < -0.4 is 5.73 Å². The first kappa shape index (κ1) is 12.8. The fourth-order valence-electron chi connectivity index (χ4n) is 1.72. The van der Waals surface area contributed by atoms with Crippen molar-refractivity contribution in [1.29, 1.82) is 0 Å². The summed E-state index contributed by atoms with van der Waals surface area (Å²) >= 11 is 0. The van der Waals surface area contributed by atoms with Gasteiger partial charge >= 0.3 is 0 Å². The van der Waals surface area contributed by atoms with Crippen molar-refractivity contribution in [1.82, 2.24) is 0 Å². The molecule has 0 aliphatic carbocycles. The van der Waals surface area contributed by atoms with Crippen LogP contribution in [0.4, 0.5) is 0 Å². The van der Waals surface area contributed by atoms with Crippen LogP contribution in [0.15, 0.2) is 18.2 Å². The summed E-state index contributed by atoms with van der Waals surface area (Å²) in [5.74, 6) is 5.95. The lowest BCUT2D eigenvalue weighted by molar-refractivity contribution is 0.622. The Balaban J connectivity index is 2.51. The molecule has 0 saturated carbocycles. The van der Waals surface area contributed by atoms with Gasteiger partial charge in [0.15, 0.2) is 0 Å². The molecule has 2 N–H and O–H groups in total. The molecule has 1 rings (SSSR count). The third kappa shape index (κ3) is 4.08. The highest BCUT2D eigenvalue weighted by molar-refractivity contribution is 5.30. The van der Waals surface area contributed by atoms with Gasteiger partial charge in [-0.25, -0.2) is 0 Å². The summed E-state index contributed by atoms with van der Waals surface area (Å²) in [6, 6.07) is 6.81. The third-order valence-electron chi connectivity index (χ3n) is 2.89. The van der Waals surface area contributed by atoms with Gasteiger partial charge in [-0.1, -0.05) is 18.2 Å². The van der Waals surface area contributed by atoms with Crippen molar-refractivity contribution in [2.24, 2.45) is 5.73 Å². The number of rotatable bonds is 4. The van der Waals surface area contributed by atoms with Crippen molar-refractivity contribution in [2.75, 3.05) is 0 Å². The Hall–Kier alpha value is -1.26. The Labute approximate surface area is 99.1 Å². The van der Waals surface area contributed by atoms with Crippen molar-refractivity contribution >= 4 is 0 Å². The standard InChI is InChI=1S/C15H21N/c1-4-5-6-7-15(16)11-14-9-8-12(2)13(3)10-14/h8-10,15H,6-7,11,16H2,1-3H3. The molecule has 0 spiro atoms. The number of hydrogen-bond acceptors (Lipinski definition) is 1. The zero-order valence-corrected chi connectivity index (χ0v) is 10.5. The Morgan fingerprint density at radius 2 is 2.00 bits per heavy atom. The van der Waals surface area contributed by atoms with Gasteiger partial charge in [-0.05, 0) is 50.3 Å². The normalized spacial score (nSPS) is 11.8. The Morgan fingerprint density at radius 3 is 2.62 bits per heavy atom. The van der Waals surface area contributed by atoms with E-state index in [2.05, 4.69) is 43.9 Å². The molecule has 0 heterocycles. The second kappa shape index (κ2) is 6.35.